The molecule has 0 atom stereocenters. The molecule has 0 radical (unpaired) electrons. The van der Waals surface area contributed by atoms with Crippen molar-refractivity contribution < 1.29 is 17.9 Å². The lowest BCUT2D eigenvalue weighted by Gasteiger charge is -2.10. The number of benzene rings is 1. The summed E-state index contributed by atoms with van der Waals surface area (Å²) < 4.78 is 43.3. The molecule has 0 amide bonds. The first-order chi connectivity index (χ1) is 8.91. The number of hydrogen-bond acceptors (Lipinski definition) is 2. The van der Waals surface area contributed by atoms with Gasteiger partial charge in [-0.05, 0) is 39.7 Å². The second kappa shape index (κ2) is 5.21. The first-order valence-corrected chi connectivity index (χ1v) is 6.08. The van der Waals surface area contributed by atoms with E-state index in [-0.39, 0.29) is 0 Å². The van der Waals surface area contributed by atoms with Crippen LogP contribution >= 0.6 is 15.9 Å². The summed E-state index contributed by atoms with van der Waals surface area (Å²) in [5.41, 5.74) is 0.558. The molecule has 2 nitrogen and oxygen atoms in total. The van der Waals surface area contributed by atoms with Crippen molar-refractivity contribution in [3.63, 3.8) is 0 Å². The fraction of sp³-hybridized carbons (Fsp3) is 0.154. The maximum atomic E-state index is 12.5. The summed E-state index contributed by atoms with van der Waals surface area (Å²) >= 11 is 3.27. The van der Waals surface area contributed by atoms with Crippen molar-refractivity contribution in [2.24, 2.45) is 0 Å². The molecule has 1 aromatic heterocycles. The Morgan fingerprint density at radius 1 is 1.16 bits per heavy atom. The van der Waals surface area contributed by atoms with Gasteiger partial charge in [-0.2, -0.15) is 13.2 Å². The first kappa shape index (κ1) is 13.9. The van der Waals surface area contributed by atoms with Gasteiger partial charge in [0.2, 0.25) is 5.88 Å². The molecule has 1 aromatic carbocycles. The normalized spacial score (nSPS) is 11.4. The van der Waals surface area contributed by atoms with E-state index in [1.807, 2.05) is 0 Å². The molecule has 100 valence electrons. The minimum Gasteiger partial charge on any atom is -0.481 e. The molecule has 1 heterocycles. The second-order valence-electron chi connectivity index (χ2n) is 3.79. The highest BCUT2D eigenvalue weighted by Crippen LogP contribution is 2.34. The van der Waals surface area contributed by atoms with Gasteiger partial charge in [-0.15, -0.1) is 0 Å². The topological polar surface area (TPSA) is 22.1 Å². The van der Waals surface area contributed by atoms with Gasteiger partial charge in [-0.3, -0.25) is 0 Å². The van der Waals surface area contributed by atoms with E-state index in [1.165, 1.54) is 19.2 Å². The summed E-state index contributed by atoms with van der Waals surface area (Å²) in [6.45, 7) is 0. The lowest BCUT2D eigenvalue weighted by atomic mass is 10.0. The first-order valence-electron chi connectivity index (χ1n) is 5.29. The number of halogens is 4. The highest BCUT2D eigenvalue weighted by Gasteiger charge is 2.30. The molecule has 19 heavy (non-hydrogen) atoms. The van der Waals surface area contributed by atoms with E-state index in [0.29, 0.717) is 17.0 Å². The van der Waals surface area contributed by atoms with Crippen molar-refractivity contribution in [3.8, 4) is 17.0 Å². The summed E-state index contributed by atoms with van der Waals surface area (Å²) in [7, 11) is 1.46. The molecular formula is C13H9BrF3NO. The molecule has 0 saturated carbocycles. The van der Waals surface area contributed by atoms with Crippen LogP contribution in [0.3, 0.4) is 0 Å². The molecule has 2 aromatic rings. The highest BCUT2D eigenvalue weighted by atomic mass is 79.9. The van der Waals surface area contributed by atoms with E-state index in [2.05, 4.69) is 20.9 Å². The van der Waals surface area contributed by atoms with Crippen LogP contribution in [0.25, 0.3) is 11.1 Å². The van der Waals surface area contributed by atoms with Crippen LogP contribution in [0.1, 0.15) is 5.56 Å². The van der Waals surface area contributed by atoms with Gasteiger partial charge in [0.1, 0.15) is 0 Å². The lowest BCUT2D eigenvalue weighted by molar-refractivity contribution is -0.137. The van der Waals surface area contributed by atoms with E-state index in [9.17, 15) is 13.2 Å². The van der Waals surface area contributed by atoms with Gasteiger partial charge >= 0.3 is 6.18 Å². The number of alkyl halides is 3. The maximum Gasteiger partial charge on any atom is 0.416 e. The Morgan fingerprint density at radius 2 is 1.79 bits per heavy atom. The van der Waals surface area contributed by atoms with Crippen LogP contribution in [0.2, 0.25) is 0 Å². The average molecular weight is 332 g/mol. The van der Waals surface area contributed by atoms with Gasteiger partial charge in [0.25, 0.3) is 0 Å². The second-order valence-corrected chi connectivity index (χ2v) is 4.70. The van der Waals surface area contributed by atoms with Crippen LogP contribution in [0.4, 0.5) is 13.2 Å². The van der Waals surface area contributed by atoms with Crippen LogP contribution in [0.5, 0.6) is 5.88 Å². The molecule has 0 saturated heterocycles. The van der Waals surface area contributed by atoms with E-state index in [0.717, 1.165) is 16.6 Å². The van der Waals surface area contributed by atoms with Gasteiger partial charge in [-0.1, -0.05) is 12.1 Å². The monoisotopic (exact) mass is 331 g/mol. The number of aromatic nitrogens is 1. The number of rotatable bonds is 2. The summed E-state index contributed by atoms with van der Waals surface area (Å²) in [5.74, 6) is 0.364. The van der Waals surface area contributed by atoms with Crippen LogP contribution < -0.4 is 4.74 Å². The summed E-state index contributed by atoms with van der Waals surface area (Å²) in [4.78, 5) is 4.05. The third kappa shape index (κ3) is 3.07. The SMILES string of the molecule is COc1ncc(Br)cc1-c1ccc(C(F)(F)F)cc1. The third-order valence-corrected chi connectivity index (χ3v) is 2.97. The number of ether oxygens (including phenoxy) is 1. The van der Waals surface area contributed by atoms with Crippen LogP contribution in [0, 0.1) is 0 Å². The predicted octanol–water partition coefficient (Wildman–Crippen LogP) is 4.54. The lowest BCUT2D eigenvalue weighted by Crippen LogP contribution is -2.04. The van der Waals surface area contributed by atoms with Crippen LogP contribution in [-0.2, 0) is 6.18 Å². The van der Waals surface area contributed by atoms with Crippen molar-refractivity contribution in [3.05, 3.63) is 46.6 Å². The van der Waals surface area contributed by atoms with Crippen molar-refractivity contribution in [1.29, 1.82) is 0 Å². The molecule has 0 aliphatic rings. The zero-order valence-electron chi connectivity index (χ0n) is 9.83. The number of hydrogen-bond donors (Lipinski definition) is 0. The van der Waals surface area contributed by atoms with Crippen molar-refractivity contribution >= 4 is 15.9 Å². The zero-order valence-corrected chi connectivity index (χ0v) is 11.4. The third-order valence-electron chi connectivity index (χ3n) is 2.53. The number of pyridine rings is 1. The van der Waals surface area contributed by atoms with Gasteiger partial charge in [0.15, 0.2) is 0 Å². The number of methoxy groups -OCH3 is 1. The average Bonchev–Trinajstić information content (AvgIpc) is 2.38. The van der Waals surface area contributed by atoms with E-state index in [1.54, 1.807) is 12.3 Å². The van der Waals surface area contributed by atoms with Crippen molar-refractivity contribution in [2.45, 2.75) is 6.18 Å². The molecule has 0 aliphatic carbocycles. The van der Waals surface area contributed by atoms with Gasteiger partial charge < -0.3 is 4.74 Å². The minimum absolute atomic E-state index is 0.364. The summed E-state index contributed by atoms with van der Waals surface area (Å²) in [6, 6.07) is 6.61. The van der Waals surface area contributed by atoms with E-state index >= 15 is 0 Å². The molecule has 6 heteroatoms. The summed E-state index contributed by atoms with van der Waals surface area (Å²) in [6.07, 6.45) is -2.77. The Labute approximate surface area is 116 Å². The molecule has 0 unspecified atom stereocenters. The Bertz CT molecular complexity index is 581. The Kier molecular flexibility index (Phi) is 3.80. The van der Waals surface area contributed by atoms with Crippen LogP contribution in [-0.4, -0.2) is 12.1 Å². The molecular weight excluding hydrogens is 323 g/mol. The molecule has 2 rings (SSSR count). The van der Waals surface area contributed by atoms with Gasteiger partial charge in [0, 0.05) is 16.2 Å². The zero-order chi connectivity index (χ0) is 14.0. The van der Waals surface area contributed by atoms with Gasteiger partial charge in [0.05, 0.1) is 12.7 Å². The predicted molar refractivity (Wildman–Crippen MR) is 68.9 cm³/mol. The largest absolute Gasteiger partial charge is 0.481 e. The maximum absolute atomic E-state index is 12.5. The fourth-order valence-electron chi connectivity index (χ4n) is 1.63. The number of nitrogens with zero attached hydrogens (tertiary/aromatic N) is 1. The molecule has 0 bridgehead atoms. The standard InChI is InChI=1S/C13H9BrF3NO/c1-19-12-11(6-10(14)7-18-12)8-2-4-9(5-3-8)13(15,16)17/h2-7H,1H3. The minimum atomic E-state index is -4.34. The molecule has 0 N–H and O–H groups in total. The Balaban J connectivity index is 2.45. The summed E-state index contributed by atoms with van der Waals surface area (Å²) in [5, 5.41) is 0. The molecule has 0 spiro atoms. The Morgan fingerprint density at radius 3 is 2.32 bits per heavy atom. The Hall–Kier alpha value is -1.56. The van der Waals surface area contributed by atoms with Crippen molar-refractivity contribution in [2.75, 3.05) is 7.11 Å². The fourth-order valence-corrected chi connectivity index (χ4v) is 1.97. The van der Waals surface area contributed by atoms with Crippen LogP contribution in [0.15, 0.2) is 41.0 Å². The smallest absolute Gasteiger partial charge is 0.416 e. The molecule has 0 fully saturated rings. The molecule has 0 aliphatic heterocycles. The van der Waals surface area contributed by atoms with E-state index < -0.39 is 11.7 Å². The van der Waals surface area contributed by atoms with Crippen molar-refractivity contribution in [1.82, 2.24) is 4.98 Å². The van der Waals surface area contributed by atoms with Gasteiger partial charge in [-0.25, -0.2) is 4.98 Å². The van der Waals surface area contributed by atoms with E-state index in [4.69, 9.17) is 4.74 Å². The highest BCUT2D eigenvalue weighted by molar-refractivity contribution is 9.10. The quantitative estimate of drug-likeness (QED) is 0.806.